The van der Waals surface area contributed by atoms with Crippen LogP contribution in [0.5, 0.6) is 0 Å². The number of hydrogen-bond donors (Lipinski definition) is 1. The Labute approximate surface area is 94.9 Å². The number of carbonyl (C=O) groups is 1. The fraction of sp³-hybridized carbons (Fsp3) is 0.583. The van der Waals surface area contributed by atoms with Gasteiger partial charge in [-0.3, -0.25) is 9.69 Å². The highest BCUT2D eigenvalue weighted by Gasteiger charge is 2.25. The van der Waals surface area contributed by atoms with Crippen LogP contribution in [0.25, 0.3) is 0 Å². The lowest BCUT2D eigenvalue weighted by atomic mass is 10.1. The van der Waals surface area contributed by atoms with Gasteiger partial charge in [0.05, 0.1) is 12.8 Å². The lowest BCUT2D eigenvalue weighted by Gasteiger charge is -2.22. The van der Waals surface area contributed by atoms with Crippen molar-refractivity contribution in [3.8, 4) is 0 Å². The summed E-state index contributed by atoms with van der Waals surface area (Å²) in [6.45, 7) is 1.85. The van der Waals surface area contributed by atoms with Crippen LogP contribution in [0.4, 0.5) is 0 Å². The van der Waals surface area contributed by atoms with Gasteiger partial charge in [-0.25, -0.2) is 0 Å². The number of carboxylic acids is 1. The molecule has 16 heavy (non-hydrogen) atoms. The first kappa shape index (κ1) is 11.2. The molecule has 1 aliphatic rings. The molecular formula is C12H17NO3. The fourth-order valence-corrected chi connectivity index (χ4v) is 2.32. The summed E-state index contributed by atoms with van der Waals surface area (Å²) in [7, 11) is 0. The van der Waals surface area contributed by atoms with E-state index in [1.807, 2.05) is 12.1 Å². The maximum Gasteiger partial charge on any atom is 0.303 e. The Kier molecular flexibility index (Phi) is 3.62. The van der Waals surface area contributed by atoms with Gasteiger partial charge in [0.2, 0.25) is 0 Å². The molecule has 0 aromatic carbocycles. The van der Waals surface area contributed by atoms with Gasteiger partial charge < -0.3 is 9.52 Å². The van der Waals surface area contributed by atoms with Gasteiger partial charge in [-0.2, -0.15) is 0 Å². The average molecular weight is 223 g/mol. The minimum Gasteiger partial charge on any atom is -0.481 e. The van der Waals surface area contributed by atoms with Crippen molar-refractivity contribution in [2.45, 2.75) is 38.3 Å². The number of nitrogens with zero attached hydrogens (tertiary/aromatic N) is 1. The summed E-state index contributed by atoms with van der Waals surface area (Å²) in [6.07, 6.45) is 4.95. The molecule has 1 fully saturated rings. The van der Waals surface area contributed by atoms with Crippen molar-refractivity contribution in [3.05, 3.63) is 24.2 Å². The van der Waals surface area contributed by atoms with Crippen LogP contribution in [0.3, 0.4) is 0 Å². The van der Waals surface area contributed by atoms with Crippen LogP contribution in [0.1, 0.15) is 31.4 Å². The molecule has 2 rings (SSSR count). The van der Waals surface area contributed by atoms with Crippen molar-refractivity contribution in [2.24, 2.45) is 0 Å². The molecule has 0 aliphatic carbocycles. The predicted octanol–water partition coefficient (Wildman–Crippen LogP) is 2.11. The largest absolute Gasteiger partial charge is 0.481 e. The summed E-state index contributed by atoms with van der Waals surface area (Å²) in [5.41, 5.74) is 0. The van der Waals surface area contributed by atoms with Crippen molar-refractivity contribution in [1.29, 1.82) is 0 Å². The summed E-state index contributed by atoms with van der Waals surface area (Å²) < 4.78 is 5.31. The second-order valence-electron chi connectivity index (χ2n) is 4.28. The zero-order chi connectivity index (χ0) is 11.4. The van der Waals surface area contributed by atoms with Crippen LogP contribution in [0.2, 0.25) is 0 Å². The molecule has 0 radical (unpaired) electrons. The second kappa shape index (κ2) is 5.16. The molecule has 0 spiro atoms. The van der Waals surface area contributed by atoms with E-state index >= 15 is 0 Å². The molecule has 1 atom stereocenters. The van der Waals surface area contributed by atoms with Gasteiger partial charge >= 0.3 is 5.97 Å². The molecule has 4 nitrogen and oxygen atoms in total. The summed E-state index contributed by atoms with van der Waals surface area (Å²) in [5, 5.41) is 8.68. The van der Waals surface area contributed by atoms with Crippen molar-refractivity contribution in [1.82, 2.24) is 4.90 Å². The zero-order valence-corrected chi connectivity index (χ0v) is 9.26. The molecule has 0 amide bonds. The highest BCUT2D eigenvalue weighted by molar-refractivity contribution is 5.66. The summed E-state index contributed by atoms with van der Waals surface area (Å²) in [5.74, 6) is 0.257. The molecule has 0 bridgehead atoms. The number of aliphatic carboxylic acids is 1. The highest BCUT2D eigenvalue weighted by Crippen LogP contribution is 2.23. The molecule has 1 aromatic rings. The van der Waals surface area contributed by atoms with Crippen LogP contribution in [-0.2, 0) is 11.3 Å². The maximum atomic E-state index is 10.5. The van der Waals surface area contributed by atoms with Crippen molar-refractivity contribution in [2.75, 3.05) is 6.54 Å². The molecular weight excluding hydrogens is 206 g/mol. The fourth-order valence-electron chi connectivity index (χ4n) is 2.32. The molecule has 2 heterocycles. The van der Waals surface area contributed by atoms with Gasteiger partial charge in [-0.05, 0) is 37.9 Å². The molecule has 4 heteroatoms. The third-order valence-electron chi connectivity index (χ3n) is 3.13. The lowest BCUT2D eigenvalue weighted by molar-refractivity contribution is -0.137. The van der Waals surface area contributed by atoms with Crippen molar-refractivity contribution < 1.29 is 14.3 Å². The van der Waals surface area contributed by atoms with Crippen LogP contribution in [0.15, 0.2) is 22.8 Å². The number of hydrogen-bond acceptors (Lipinski definition) is 3. The lowest BCUT2D eigenvalue weighted by Crippen LogP contribution is -2.29. The highest BCUT2D eigenvalue weighted by atomic mass is 16.4. The number of furan rings is 1. The van der Waals surface area contributed by atoms with Crippen molar-refractivity contribution in [3.63, 3.8) is 0 Å². The molecule has 1 aliphatic heterocycles. The minimum atomic E-state index is -0.704. The van der Waals surface area contributed by atoms with E-state index in [1.165, 1.54) is 0 Å². The van der Waals surface area contributed by atoms with Crippen LogP contribution in [-0.4, -0.2) is 28.6 Å². The Bertz CT molecular complexity index is 334. The third-order valence-corrected chi connectivity index (χ3v) is 3.13. The first-order valence-electron chi connectivity index (χ1n) is 5.74. The average Bonchev–Trinajstić information content (AvgIpc) is 2.87. The SMILES string of the molecule is O=C(O)CCC1CCCN1Cc1ccco1. The second-order valence-corrected chi connectivity index (χ2v) is 4.28. The molecule has 1 unspecified atom stereocenters. The van der Waals surface area contributed by atoms with E-state index in [2.05, 4.69) is 4.90 Å². The molecule has 1 N–H and O–H groups in total. The number of rotatable bonds is 5. The Morgan fingerprint density at radius 1 is 1.62 bits per heavy atom. The predicted molar refractivity (Wildman–Crippen MR) is 59.0 cm³/mol. The van der Waals surface area contributed by atoms with E-state index in [-0.39, 0.29) is 6.42 Å². The van der Waals surface area contributed by atoms with Crippen molar-refractivity contribution >= 4 is 5.97 Å². The van der Waals surface area contributed by atoms with Crippen LogP contribution in [0, 0.1) is 0 Å². The van der Waals surface area contributed by atoms with Crippen LogP contribution >= 0.6 is 0 Å². The Morgan fingerprint density at radius 2 is 2.50 bits per heavy atom. The van der Waals surface area contributed by atoms with Gasteiger partial charge in [0.15, 0.2) is 0 Å². The Balaban J connectivity index is 1.85. The zero-order valence-electron chi connectivity index (χ0n) is 9.26. The number of likely N-dealkylation sites (tertiary alicyclic amines) is 1. The topological polar surface area (TPSA) is 53.7 Å². The van der Waals surface area contributed by atoms with E-state index in [0.717, 1.165) is 38.1 Å². The van der Waals surface area contributed by atoms with E-state index in [9.17, 15) is 4.79 Å². The Hall–Kier alpha value is -1.29. The van der Waals surface area contributed by atoms with Gasteiger partial charge in [-0.15, -0.1) is 0 Å². The van der Waals surface area contributed by atoms with Crippen LogP contribution < -0.4 is 0 Å². The number of carboxylic acid groups (broad SMARTS) is 1. The minimum absolute atomic E-state index is 0.263. The van der Waals surface area contributed by atoms with Gasteiger partial charge in [-0.1, -0.05) is 0 Å². The van der Waals surface area contributed by atoms with Gasteiger partial charge in [0, 0.05) is 12.5 Å². The van der Waals surface area contributed by atoms with Gasteiger partial charge in [0.1, 0.15) is 5.76 Å². The van der Waals surface area contributed by atoms with E-state index in [0.29, 0.717) is 6.04 Å². The quantitative estimate of drug-likeness (QED) is 0.830. The molecule has 0 saturated carbocycles. The molecule has 1 aromatic heterocycles. The van der Waals surface area contributed by atoms with E-state index in [4.69, 9.17) is 9.52 Å². The van der Waals surface area contributed by atoms with Gasteiger partial charge in [0.25, 0.3) is 0 Å². The van der Waals surface area contributed by atoms with E-state index in [1.54, 1.807) is 6.26 Å². The summed E-state index contributed by atoms with van der Waals surface area (Å²) in [6, 6.07) is 4.26. The normalized spacial score (nSPS) is 21.4. The standard InChI is InChI=1S/C12H17NO3/c14-12(15)6-5-10-3-1-7-13(10)9-11-4-2-8-16-11/h2,4,8,10H,1,3,5-7,9H2,(H,14,15). The first-order chi connectivity index (χ1) is 7.75. The van der Waals surface area contributed by atoms with E-state index < -0.39 is 5.97 Å². The molecule has 88 valence electrons. The summed E-state index contributed by atoms with van der Waals surface area (Å²) >= 11 is 0. The monoisotopic (exact) mass is 223 g/mol. The maximum absolute atomic E-state index is 10.5. The Morgan fingerprint density at radius 3 is 3.19 bits per heavy atom. The third kappa shape index (κ3) is 2.85. The summed E-state index contributed by atoms with van der Waals surface area (Å²) in [4.78, 5) is 12.9. The smallest absolute Gasteiger partial charge is 0.303 e. The molecule has 1 saturated heterocycles. The first-order valence-corrected chi connectivity index (χ1v) is 5.74.